The maximum atomic E-state index is 12.9. The Balaban J connectivity index is 1.31. The van der Waals surface area contributed by atoms with Crippen LogP contribution in [0.15, 0.2) is 60.8 Å². The van der Waals surface area contributed by atoms with Crippen molar-refractivity contribution in [3.8, 4) is 0 Å². The highest BCUT2D eigenvalue weighted by molar-refractivity contribution is 5.89. The zero-order chi connectivity index (χ0) is 24.8. The van der Waals surface area contributed by atoms with E-state index in [1.54, 1.807) is 6.20 Å². The molecule has 0 saturated carbocycles. The smallest absolute Gasteiger partial charge is 0.243 e. The van der Waals surface area contributed by atoms with Crippen LogP contribution in [0.5, 0.6) is 0 Å². The van der Waals surface area contributed by atoms with Crippen LogP contribution in [0.2, 0.25) is 0 Å². The van der Waals surface area contributed by atoms with Gasteiger partial charge in [-0.25, -0.2) is 4.98 Å². The Bertz CT molecular complexity index is 1160. The van der Waals surface area contributed by atoms with E-state index in [2.05, 4.69) is 27.4 Å². The van der Waals surface area contributed by atoms with Gasteiger partial charge in [-0.15, -0.1) is 0 Å². The number of anilines is 1. The third kappa shape index (κ3) is 6.57. The van der Waals surface area contributed by atoms with Gasteiger partial charge >= 0.3 is 0 Å². The summed E-state index contributed by atoms with van der Waals surface area (Å²) in [5, 5.41) is 8.11. The number of amides is 2. The van der Waals surface area contributed by atoms with Crippen LogP contribution in [0.25, 0.3) is 10.8 Å². The number of pyridine rings is 1. The number of hydrogen-bond acceptors (Lipinski definition) is 5. The van der Waals surface area contributed by atoms with Gasteiger partial charge in [0.1, 0.15) is 11.9 Å². The summed E-state index contributed by atoms with van der Waals surface area (Å²) < 4.78 is 5.59. The maximum absolute atomic E-state index is 12.9. The monoisotopic (exact) mass is 474 g/mol. The Hall–Kier alpha value is -3.45. The maximum Gasteiger partial charge on any atom is 0.243 e. The van der Waals surface area contributed by atoms with Crippen LogP contribution < -0.4 is 15.5 Å². The van der Waals surface area contributed by atoms with Crippen molar-refractivity contribution < 1.29 is 14.3 Å². The molecule has 2 aromatic carbocycles. The van der Waals surface area contributed by atoms with Gasteiger partial charge in [0.25, 0.3) is 0 Å². The number of nitrogens with zero attached hydrogens (tertiary/aromatic N) is 2. The van der Waals surface area contributed by atoms with Gasteiger partial charge in [0.05, 0.1) is 19.1 Å². The van der Waals surface area contributed by atoms with Gasteiger partial charge in [0, 0.05) is 25.8 Å². The quantitative estimate of drug-likeness (QED) is 0.522. The summed E-state index contributed by atoms with van der Waals surface area (Å²) in [5.41, 5.74) is 1.83. The fraction of sp³-hybridized carbons (Fsp3) is 0.393. The van der Waals surface area contributed by atoms with Crippen molar-refractivity contribution in [2.75, 3.05) is 24.6 Å². The second kappa shape index (κ2) is 11.3. The van der Waals surface area contributed by atoms with E-state index in [4.69, 9.17) is 4.74 Å². The van der Waals surface area contributed by atoms with E-state index in [0.29, 0.717) is 13.2 Å². The van der Waals surface area contributed by atoms with E-state index in [9.17, 15) is 9.59 Å². The lowest BCUT2D eigenvalue weighted by Crippen LogP contribution is -2.49. The van der Waals surface area contributed by atoms with Crippen LogP contribution in [0.3, 0.4) is 0 Å². The number of rotatable bonds is 8. The second-order valence-corrected chi connectivity index (χ2v) is 9.52. The lowest BCUT2D eigenvalue weighted by molar-refractivity contribution is -0.129. The lowest BCUT2D eigenvalue weighted by Gasteiger charge is -2.32. The standard InChI is InChI=1S/C28H34N4O3/c1-19(2)27(31-26(33)15-21-8-10-23-6-4-5-7-24(23)14-21)28(34)30-17-22-9-11-25(29-16-22)32-12-13-35-20(3)18-32/h4-11,14,16,19-20,27H,12-13,15,17-18H2,1-3H3,(H,30,34)(H,31,33). The highest BCUT2D eigenvalue weighted by Crippen LogP contribution is 2.17. The van der Waals surface area contributed by atoms with E-state index < -0.39 is 6.04 Å². The van der Waals surface area contributed by atoms with Crippen molar-refractivity contribution in [2.24, 2.45) is 5.92 Å². The van der Waals surface area contributed by atoms with Crippen LogP contribution in [0.1, 0.15) is 31.9 Å². The topological polar surface area (TPSA) is 83.6 Å². The Kier molecular flexibility index (Phi) is 7.98. The summed E-state index contributed by atoms with van der Waals surface area (Å²) in [5.74, 6) is 0.508. The molecule has 1 aliphatic rings. The number of fused-ring (bicyclic) bond motifs is 1. The molecule has 0 bridgehead atoms. The van der Waals surface area contributed by atoms with Crippen LogP contribution in [-0.2, 0) is 27.3 Å². The average molecular weight is 475 g/mol. The zero-order valence-corrected chi connectivity index (χ0v) is 20.7. The molecule has 1 aromatic heterocycles. The minimum absolute atomic E-state index is 0.0423. The normalized spacial score (nSPS) is 16.8. The van der Waals surface area contributed by atoms with E-state index >= 15 is 0 Å². The molecule has 1 aliphatic heterocycles. The SMILES string of the molecule is CC1CN(c2ccc(CNC(=O)C(NC(=O)Cc3ccc4ccccc4c3)C(C)C)cn2)CCO1. The number of carbonyl (C=O) groups excluding carboxylic acids is 2. The molecule has 184 valence electrons. The van der Waals surface area contributed by atoms with Crippen molar-refractivity contribution in [3.05, 3.63) is 71.9 Å². The molecule has 7 nitrogen and oxygen atoms in total. The average Bonchev–Trinajstić information content (AvgIpc) is 2.86. The Morgan fingerprint density at radius 1 is 1.09 bits per heavy atom. The number of morpholine rings is 1. The molecule has 2 heterocycles. The molecule has 2 amide bonds. The van der Waals surface area contributed by atoms with Gasteiger partial charge in [-0.3, -0.25) is 9.59 Å². The first-order chi connectivity index (χ1) is 16.9. The molecule has 1 saturated heterocycles. The lowest BCUT2D eigenvalue weighted by atomic mass is 10.0. The number of ether oxygens (including phenoxy) is 1. The molecule has 2 N–H and O–H groups in total. The Morgan fingerprint density at radius 2 is 1.86 bits per heavy atom. The summed E-state index contributed by atoms with van der Waals surface area (Å²) in [6, 6.07) is 17.4. The van der Waals surface area contributed by atoms with Gasteiger partial charge in [-0.1, -0.05) is 62.4 Å². The summed E-state index contributed by atoms with van der Waals surface area (Å²) in [4.78, 5) is 32.4. The van der Waals surface area contributed by atoms with Crippen LogP contribution >= 0.6 is 0 Å². The number of hydrogen-bond donors (Lipinski definition) is 2. The fourth-order valence-corrected chi connectivity index (χ4v) is 4.33. The highest BCUT2D eigenvalue weighted by Gasteiger charge is 2.24. The summed E-state index contributed by atoms with van der Waals surface area (Å²) in [6.45, 7) is 8.61. The van der Waals surface area contributed by atoms with Gasteiger partial charge in [-0.05, 0) is 40.8 Å². The number of nitrogens with one attached hydrogen (secondary N) is 2. The fourth-order valence-electron chi connectivity index (χ4n) is 4.33. The molecule has 35 heavy (non-hydrogen) atoms. The van der Waals surface area contributed by atoms with E-state index in [0.717, 1.165) is 40.8 Å². The molecular weight excluding hydrogens is 440 g/mol. The first-order valence-corrected chi connectivity index (χ1v) is 12.3. The Morgan fingerprint density at radius 3 is 2.57 bits per heavy atom. The predicted molar refractivity (Wildman–Crippen MR) is 138 cm³/mol. The molecule has 4 rings (SSSR count). The van der Waals surface area contributed by atoms with Crippen molar-refractivity contribution in [3.63, 3.8) is 0 Å². The minimum atomic E-state index is -0.606. The van der Waals surface area contributed by atoms with Crippen molar-refractivity contribution in [1.29, 1.82) is 0 Å². The molecular formula is C28H34N4O3. The summed E-state index contributed by atoms with van der Waals surface area (Å²) in [6.07, 6.45) is 2.21. The molecule has 3 aromatic rings. The molecule has 0 radical (unpaired) electrons. The molecule has 2 atom stereocenters. The molecule has 2 unspecified atom stereocenters. The van der Waals surface area contributed by atoms with Crippen molar-refractivity contribution >= 4 is 28.4 Å². The largest absolute Gasteiger partial charge is 0.375 e. The van der Waals surface area contributed by atoms with Crippen LogP contribution in [-0.4, -0.2) is 48.6 Å². The van der Waals surface area contributed by atoms with E-state index in [1.165, 1.54) is 0 Å². The first-order valence-electron chi connectivity index (χ1n) is 12.3. The molecule has 0 aliphatic carbocycles. The van der Waals surface area contributed by atoms with Crippen LogP contribution in [0.4, 0.5) is 5.82 Å². The third-order valence-corrected chi connectivity index (χ3v) is 6.29. The third-order valence-electron chi connectivity index (χ3n) is 6.29. The van der Waals surface area contributed by atoms with E-state index in [-0.39, 0.29) is 30.3 Å². The first kappa shape index (κ1) is 24.7. The van der Waals surface area contributed by atoms with E-state index in [1.807, 2.05) is 68.4 Å². The predicted octanol–water partition coefficient (Wildman–Crippen LogP) is 3.46. The second-order valence-electron chi connectivity index (χ2n) is 9.52. The zero-order valence-electron chi connectivity index (χ0n) is 20.7. The molecule has 1 fully saturated rings. The van der Waals surface area contributed by atoms with Gasteiger partial charge in [0.2, 0.25) is 11.8 Å². The van der Waals surface area contributed by atoms with Gasteiger partial charge in [0.15, 0.2) is 0 Å². The summed E-state index contributed by atoms with van der Waals surface area (Å²) >= 11 is 0. The highest BCUT2D eigenvalue weighted by atomic mass is 16.5. The molecule has 0 spiro atoms. The minimum Gasteiger partial charge on any atom is -0.375 e. The van der Waals surface area contributed by atoms with Crippen LogP contribution in [0, 0.1) is 5.92 Å². The van der Waals surface area contributed by atoms with Gasteiger partial charge in [-0.2, -0.15) is 0 Å². The number of benzene rings is 2. The number of aromatic nitrogens is 1. The summed E-state index contributed by atoms with van der Waals surface area (Å²) in [7, 11) is 0. The number of carbonyl (C=O) groups is 2. The van der Waals surface area contributed by atoms with Crippen molar-refractivity contribution in [2.45, 2.75) is 45.9 Å². The van der Waals surface area contributed by atoms with Crippen molar-refractivity contribution in [1.82, 2.24) is 15.6 Å². The molecule has 7 heteroatoms. The Labute approximate surface area is 206 Å². The van der Waals surface area contributed by atoms with Gasteiger partial charge < -0.3 is 20.3 Å².